The normalized spacial score (nSPS) is 14.7. The molecule has 0 saturated heterocycles. The van der Waals surface area contributed by atoms with Crippen LogP contribution >= 0.6 is 22.9 Å². The highest BCUT2D eigenvalue weighted by Gasteiger charge is 2.21. The van der Waals surface area contributed by atoms with Crippen molar-refractivity contribution in [3.05, 3.63) is 62.0 Å². The second kappa shape index (κ2) is 7.48. The molecule has 0 unspecified atom stereocenters. The van der Waals surface area contributed by atoms with E-state index in [4.69, 9.17) is 16.3 Å². The molecule has 0 aliphatic heterocycles. The molecule has 26 heavy (non-hydrogen) atoms. The Hall–Kier alpha value is -1.73. The van der Waals surface area contributed by atoms with E-state index in [1.807, 2.05) is 18.2 Å². The highest BCUT2D eigenvalue weighted by atomic mass is 35.5. The van der Waals surface area contributed by atoms with Crippen LogP contribution in [0.2, 0.25) is 5.02 Å². The van der Waals surface area contributed by atoms with Crippen molar-refractivity contribution in [1.29, 1.82) is 0 Å². The van der Waals surface area contributed by atoms with E-state index >= 15 is 0 Å². The molecule has 1 aliphatic carbocycles. The number of hydrogen-bond acceptors (Lipinski definition) is 5. The number of hydrogen-bond donors (Lipinski definition) is 1. The lowest BCUT2D eigenvalue weighted by atomic mass is 10.2. The van der Waals surface area contributed by atoms with E-state index in [0.29, 0.717) is 11.6 Å². The molecule has 0 fully saturated rings. The summed E-state index contributed by atoms with van der Waals surface area (Å²) in [7, 11) is 0. The van der Waals surface area contributed by atoms with Crippen LogP contribution in [-0.4, -0.2) is 27.4 Å². The number of fused-ring (bicyclic) bond motifs is 3. The molecule has 1 atom stereocenters. The van der Waals surface area contributed by atoms with Crippen molar-refractivity contribution in [1.82, 2.24) is 9.55 Å². The van der Waals surface area contributed by atoms with Gasteiger partial charge in [0.15, 0.2) is 0 Å². The molecule has 1 N–H and O–H groups in total. The maximum atomic E-state index is 12.8. The van der Waals surface area contributed by atoms with Gasteiger partial charge in [0.25, 0.3) is 5.56 Å². The summed E-state index contributed by atoms with van der Waals surface area (Å²) < 4.78 is 7.04. The van der Waals surface area contributed by atoms with Gasteiger partial charge in [0.05, 0.1) is 37.6 Å². The van der Waals surface area contributed by atoms with Crippen LogP contribution in [0.15, 0.2) is 35.4 Å². The number of aliphatic hydroxyl groups excluding tert-OH is 1. The molecule has 2 heterocycles. The predicted octanol–water partition coefficient (Wildman–Crippen LogP) is 3.18. The maximum absolute atomic E-state index is 12.8. The topological polar surface area (TPSA) is 64.4 Å². The van der Waals surface area contributed by atoms with Gasteiger partial charge in [-0.2, -0.15) is 0 Å². The first-order valence-electron chi connectivity index (χ1n) is 8.62. The molecule has 0 saturated carbocycles. The fourth-order valence-electron chi connectivity index (χ4n) is 3.35. The highest BCUT2D eigenvalue weighted by Crippen LogP contribution is 2.34. The summed E-state index contributed by atoms with van der Waals surface area (Å²) in [6.07, 6.45) is 3.81. The zero-order valence-corrected chi connectivity index (χ0v) is 15.7. The first-order chi connectivity index (χ1) is 12.6. The van der Waals surface area contributed by atoms with Crippen molar-refractivity contribution in [2.75, 3.05) is 6.61 Å². The summed E-state index contributed by atoms with van der Waals surface area (Å²) in [6.45, 7) is 0.604. The number of rotatable bonds is 6. The Morgan fingerprint density at radius 1 is 1.35 bits per heavy atom. The number of benzene rings is 1. The molecule has 7 heteroatoms. The van der Waals surface area contributed by atoms with E-state index in [0.717, 1.165) is 40.6 Å². The summed E-state index contributed by atoms with van der Waals surface area (Å²) in [6, 6.07) is 7.43. The lowest BCUT2D eigenvalue weighted by Crippen LogP contribution is -2.29. The molecule has 0 bridgehead atoms. The van der Waals surface area contributed by atoms with Gasteiger partial charge in [-0.15, -0.1) is 11.3 Å². The Kier molecular flexibility index (Phi) is 5.09. The van der Waals surface area contributed by atoms with Crippen LogP contribution in [-0.2, 0) is 30.7 Å². The molecular formula is C19H19ClN2O3S. The average molecular weight is 391 g/mol. The molecular weight excluding hydrogens is 372 g/mol. The van der Waals surface area contributed by atoms with Gasteiger partial charge in [-0.3, -0.25) is 9.36 Å². The van der Waals surface area contributed by atoms with Crippen LogP contribution in [0.5, 0.6) is 0 Å². The van der Waals surface area contributed by atoms with Gasteiger partial charge in [0, 0.05) is 9.90 Å². The SMILES string of the molecule is O=c1c2c3c(sc2ncn1C[C@H](O)COCc1ccccc1Cl)CCC3. The number of aromatic nitrogens is 2. The van der Waals surface area contributed by atoms with Gasteiger partial charge in [-0.25, -0.2) is 4.98 Å². The van der Waals surface area contributed by atoms with Crippen molar-refractivity contribution in [3.63, 3.8) is 0 Å². The maximum Gasteiger partial charge on any atom is 0.262 e. The van der Waals surface area contributed by atoms with Gasteiger partial charge in [-0.05, 0) is 36.5 Å². The quantitative estimate of drug-likeness (QED) is 0.702. The second-order valence-corrected chi connectivity index (χ2v) is 7.99. The molecule has 1 aliphatic rings. The average Bonchev–Trinajstić information content (AvgIpc) is 3.20. The van der Waals surface area contributed by atoms with Crippen LogP contribution in [0.3, 0.4) is 0 Å². The number of aryl methyl sites for hydroxylation is 2. The van der Waals surface area contributed by atoms with Crippen molar-refractivity contribution >= 4 is 33.2 Å². The zero-order chi connectivity index (χ0) is 18.1. The Morgan fingerprint density at radius 3 is 3.04 bits per heavy atom. The Labute approximate surface area is 159 Å². The number of ether oxygens (including phenoxy) is 1. The fraction of sp³-hybridized carbons (Fsp3) is 0.368. The summed E-state index contributed by atoms with van der Waals surface area (Å²) in [4.78, 5) is 19.3. The smallest absolute Gasteiger partial charge is 0.262 e. The molecule has 1 aromatic carbocycles. The van der Waals surface area contributed by atoms with E-state index in [-0.39, 0.29) is 18.7 Å². The van der Waals surface area contributed by atoms with Crippen LogP contribution in [0, 0.1) is 0 Å². The van der Waals surface area contributed by atoms with Crippen LogP contribution in [0.4, 0.5) is 0 Å². The largest absolute Gasteiger partial charge is 0.389 e. The summed E-state index contributed by atoms with van der Waals surface area (Å²) in [5, 5.41) is 11.6. The lowest BCUT2D eigenvalue weighted by molar-refractivity contribution is 0.0198. The van der Waals surface area contributed by atoms with E-state index in [1.165, 1.54) is 15.8 Å². The Morgan fingerprint density at radius 2 is 2.19 bits per heavy atom. The molecule has 0 spiro atoms. The molecule has 3 aromatic rings. The van der Waals surface area contributed by atoms with E-state index in [1.54, 1.807) is 17.4 Å². The number of aliphatic hydroxyl groups is 1. The number of nitrogens with zero attached hydrogens (tertiary/aromatic N) is 2. The van der Waals surface area contributed by atoms with Gasteiger partial charge in [0.2, 0.25) is 0 Å². The monoisotopic (exact) mass is 390 g/mol. The highest BCUT2D eigenvalue weighted by molar-refractivity contribution is 7.18. The van der Waals surface area contributed by atoms with Crippen molar-refractivity contribution < 1.29 is 9.84 Å². The minimum atomic E-state index is -0.791. The standard InChI is InChI=1S/C19H19ClN2O3S/c20-15-6-2-1-4-12(15)9-25-10-13(23)8-22-11-21-18-17(19(22)24)14-5-3-7-16(14)26-18/h1-2,4,6,11,13,23H,3,5,7-10H2/t13-/m0/s1. The molecule has 136 valence electrons. The molecule has 2 aromatic heterocycles. The van der Waals surface area contributed by atoms with E-state index < -0.39 is 6.10 Å². The summed E-state index contributed by atoms with van der Waals surface area (Å²) >= 11 is 7.70. The third-order valence-electron chi connectivity index (χ3n) is 4.62. The van der Waals surface area contributed by atoms with Crippen LogP contribution in [0.1, 0.15) is 22.4 Å². The predicted molar refractivity (Wildman–Crippen MR) is 103 cm³/mol. The fourth-order valence-corrected chi connectivity index (χ4v) is 4.76. The lowest BCUT2D eigenvalue weighted by Gasteiger charge is -2.13. The van der Waals surface area contributed by atoms with Gasteiger partial charge < -0.3 is 9.84 Å². The number of halogens is 1. The molecule has 4 rings (SSSR count). The van der Waals surface area contributed by atoms with Crippen LogP contribution in [0.25, 0.3) is 10.2 Å². The number of thiophene rings is 1. The van der Waals surface area contributed by atoms with Gasteiger partial charge in [0.1, 0.15) is 4.83 Å². The molecule has 0 radical (unpaired) electrons. The van der Waals surface area contributed by atoms with Crippen LogP contribution < -0.4 is 5.56 Å². The third-order valence-corrected chi connectivity index (χ3v) is 6.19. The first kappa shape index (κ1) is 17.7. The molecule has 0 amide bonds. The van der Waals surface area contributed by atoms with Crippen molar-refractivity contribution in [2.24, 2.45) is 0 Å². The Bertz CT molecular complexity index is 998. The zero-order valence-electron chi connectivity index (χ0n) is 14.2. The summed E-state index contributed by atoms with van der Waals surface area (Å²) in [5.74, 6) is 0. The third kappa shape index (κ3) is 3.42. The molecule has 5 nitrogen and oxygen atoms in total. The van der Waals surface area contributed by atoms with Crippen molar-refractivity contribution in [3.8, 4) is 0 Å². The minimum absolute atomic E-state index is 0.0699. The van der Waals surface area contributed by atoms with E-state index in [9.17, 15) is 9.90 Å². The first-order valence-corrected chi connectivity index (χ1v) is 9.82. The summed E-state index contributed by atoms with van der Waals surface area (Å²) in [5.41, 5.74) is 1.95. The van der Waals surface area contributed by atoms with Gasteiger partial charge in [-0.1, -0.05) is 29.8 Å². The van der Waals surface area contributed by atoms with E-state index in [2.05, 4.69) is 4.98 Å². The van der Waals surface area contributed by atoms with Crippen molar-refractivity contribution in [2.45, 2.75) is 38.5 Å². The Balaban J connectivity index is 1.43. The second-order valence-electron chi connectivity index (χ2n) is 6.50. The van der Waals surface area contributed by atoms with Gasteiger partial charge >= 0.3 is 0 Å². The minimum Gasteiger partial charge on any atom is -0.389 e.